The molecule has 0 bridgehead atoms. The Balaban J connectivity index is 1.21. The molecule has 0 radical (unpaired) electrons. The van der Waals surface area contributed by atoms with Gasteiger partial charge in [0.25, 0.3) is 0 Å². The summed E-state index contributed by atoms with van der Waals surface area (Å²) in [6.45, 7) is 5.14. The fourth-order valence-electron chi connectivity index (χ4n) is 9.22. The van der Waals surface area contributed by atoms with Crippen molar-refractivity contribution in [3.63, 3.8) is 0 Å². The Morgan fingerprint density at radius 1 is 0.927 bits per heavy atom. The summed E-state index contributed by atoms with van der Waals surface area (Å²) in [5, 5.41) is 11.7. The molecule has 3 heterocycles. The third-order valence-electron chi connectivity index (χ3n) is 12.0. The van der Waals surface area contributed by atoms with Crippen LogP contribution in [0, 0.1) is 23.2 Å². The van der Waals surface area contributed by atoms with Gasteiger partial charge < -0.3 is 14.7 Å². The van der Waals surface area contributed by atoms with E-state index in [1.165, 1.54) is 7.11 Å². The van der Waals surface area contributed by atoms with Gasteiger partial charge in [-0.15, -0.1) is 0 Å². The highest BCUT2D eigenvalue weighted by molar-refractivity contribution is 6.04. The van der Waals surface area contributed by atoms with Gasteiger partial charge in [0.1, 0.15) is 0 Å². The second-order valence-electron chi connectivity index (χ2n) is 16.3. The molecule has 55 heavy (non-hydrogen) atoms. The number of anilines is 1. The third kappa shape index (κ3) is 8.18. The number of esters is 1. The molecule has 4 atom stereocenters. The molecule has 3 fully saturated rings. The monoisotopic (exact) mass is 768 g/mol. The fraction of sp³-hybridized carbons (Fsp3) is 0.524. The number of hydrogen-bond acceptors (Lipinski definition) is 7. The molecule has 13 heteroatoms. The molecule has 7 rings (SSSR count). The first-order valence-corrected chi connectivity index (χ1v) is 19.0. The molecule has 294 valence electrons. The lowest BCUT2D eigenvalue weighted by Crippen LogP contribution is -2.49. The van der Waals surface area contributed by atoms with E-state index < -0.39 is 47.7 Å². The van der Waals surface area contributed by atoms with Crippen molar-refractivity contribution in [3.8, 4) is 11.1 Å². The molecule has 2 unspecified atom stereocenters. The van der Waals surface area contributed by atoms with Gasteiger partial charge in [-0.1, -0.05) is 43.7 Å². The van der Waals surface area contributed by atoms with Crippen LogP contribution in [0.2, 0.25) is 0 Å². The zero-order valence-corrected chi connectivity index (χ0v) is 31.1. The molecule has 1 saturated heterocycles. The maximum atomic E-state index is 17.4. The van der Waals surface area contributed by atoms with E-state index in [0.717, 1.165) is 29.8 Å². The number of aliphatic imine (C=N–C) groups is 1. The topological polar surface area (TPSA) is 87.9 Å². The van der Waals surface area contributed by atoms with E-state index in [2.05, 4.69) is 23.8 Å². The maximum absolute atomic E-state index is 17.4. The zero-order valence-electron chi connectivity index (χ0n) is 31.1. The summed E-state index contributed by atoms with van der Waals surface area (Å²) in [5.41, 5.74) is 2.15. The van der Waals surface area contributed by atoms with Gasteiger partial charge in [0, 0.05) is 67.0 Å². The predicted octanol–water partition coefficient (Wildman–Crippen LogP) is 9.62. The van der Waals surface area contributed by atoms with E-state index in [1.54, 1.807) is 30.6 Å². The number of carbonyl (C=O) groups is 1. The number of halogens is 6. The van der Waals surface area contributed by atoms with E-state index in [1.807, 2.05) is 11.0 Å². The summed E-state index contributed by atoms with van der Waals surface area (Å²) in [6, 6.07) is 10.6. The van der Waals surface area contributed by atoms with Crippen LogP contribution >= 0.6 is 0 Å². The molecular weight excluding hydrogens is 722 g/mol. The van der Waals surface area contributed by atoms with E-state index >= 15 is 4.39 Å². The van der Waals surface area contributed by atoms with Crippen LogP contribution in [0.15, 0.2) is 77.1 Å². The van der Waals surface area contributed by atoms with Crippen molar-refractivity contribution in [1.29, 1.82) is 0 Å². The van der Waals surface area contributed by atoms with Crippen molar-refractivity contribution in [2.45, 2.75) is 95.6 Å². The second kappa shape index (κ2) is 15.0. The first kappa shape index (κ1) is 39.0. The number of benzene rings is 2. The highest BCUT2D eigenvalue weighted by Gasteiger charge is 2.51. The largest absolute Gasteiger partial charge is 0.465 e. The SMILES string of the molecule is COC(=O)c1cccc(-c2cnc(N3CCC(C4=NC5CC(C)(C)C[C@H](O)C5C(C5CCC(F)(F)CC5)=C4[C@@H](F)c4ccc(C(F)(F)F)cc4)CC3)nc2)c1. The van der Waals surface area contributed by atoms with Crippen LogP contribution in [0.4, 0.5) is 32.3 Å². The summed E-state index contributed by atoms with van der Waals surface area (Å²) in [6.07, 6.45) is -2.29. The minimum absolute atomic E-state index is 0.0291. The van der Waals surface area contributed by atoms with Crippen molar-refractivity contribution >= 4 is 17.6 Å². The van der Waals surface area contributed by atoms with Gasteiger partial charge >= 0.3 is 12.1 Å². The van der Waals surface area contributed by atoms with Gasteiger partial charge in [0.2, 0.25) is 11.9 Å². The highest BCUT2D eigenvalue weighted by Crippen LogP contribution is 2.54. The quantitative estimate of drug-likeness (QED) is 0.190. The average molecular weight is 769 g/mol. The average Bonchev–Trinajstić information content (AvgIpc) is 3.16. The number of fused-ring (bicyclic) bond motifs is 1. The Labute approximate surface area is 316 Å². The maximum Gasteiger partial charge on any atom is 0.416 e. The van der Waals surface area contributed by atoms with Crippen molar-refractivity contribution in [2.75, 3.05) is 25.1 Å². The molecule has 1 aromatic heterocycles. The normalized spacial score (nSPS) is 25.2. The molecule has 0 amide bonds. The highest BCUT2D eigenvalue weighted by atomic mass is 19.4. The molecular formula is C42H46F6N4O3. The van der Waals surface area contributed by atoms with Crippen LogP contribution in [0.3, 0.4) is 0 Å². The van der Waals surface area contributed by atoms with Crippen LogP contribution in [0.5, 0.6) is 0 Å². The standard InChI is InChI=1S/C42H46F6N4O3/c1-40(2)20-31-34(32(53)21-40)33(24-11-15-41(44,45)16-12-24)35(36(43)25-7-9-30(10-8-25)42(46,47)48)37(51-31)26-13-17-52(18-14-26)39-49-22-29(23-50-39)27-5-4-6-28(19-27)38(54)55-3/h4-10,19,22-24,26,31-32,34,36,53H,11-18,20-21H2,1-3H3/t31?,32-,34?,36-/m0/s1. The van der Waals surface area contributed by atoms with Gasteiger partial charge in [-0.3, -0.25) is 4.99 Å². The number of dihydropyridines is 1. The Morgan fingerprint density at radius 3 is 2.20 bits per heavy atom. The van der Waals surface area contributed by atoms with Crippen LogP contribution in [-0.4, -0.2) is 65.0 Å². The number of aliphatic hydroxyl groups excluding tert-OH is 1. The lowest BCUT2D eigenvalue weighted by atomic mass is 9.60. The molecule has 1 N–H and O–H groups in total. The lowest BCUT2D eigenvalue weighted by molar-refractivity contribution is -0.137. The number of alkyl halides is 6. The fourth-order valence-corrected chi connectivity index (χ4v) is 9.22. The minimum Gasteiger partial charge on any atom is -0.465 e. The minimum atomic E-state index is -4.60. The number of carbonyl (C=O) groups excluding carboxylic acids is 1. The Kier molecular flexibility index (Phi) is 10.6. The van der Waals surface area contributed by atoms with E-state index in [0.29, 0.717) is 67.1 Å². The Hall–Kier alpha value is -4.26. The van der Waals surface area contributed by atoms with E-state index in [9.17, 15) is 31.9 Å². The van der Waals surface area contributed by atoms with Gasteiger partial charge in [0.05, 0.1) is 30.4 Å². The second-order valence-corrected chi connectivity index (χ2v) is 16.3. The van der Waals surface area contributed by atoms with Gasteiger partial charge in [-0.2, -0.15) is 13.2 Å². The summed E-state index contributed by atoms with van der Waals surface area (Å²) in [4.78, 5) is 28.5. The molecule has 2 aromatic carbocycles. The van der Waals surface area contributed by atoms with Gasteiger partial charge in [-0.05, 0) is 85.3 Å². The lowest BCUT2D eigenvalue weighted by Gasteiger charge is -2.49. The van der Waals surface area contributed by atoms with Crippen molar-refractivity contribution < 1.29 is 41.0 Å². The molecule has 4 aliphatic rings. The molecule has 7 nitrogen and oxygen atoms in total. The van der Waals surface area contributed by atoms with E-state index in [4.69, 9.17) is 9.73 Å². The molecule has 2 aliphatic carbocycles. The van der Waals surface area contributed by atoms with E-state index in [-0.39, 0.29) is 54.2 Å². The molecule has 2 saturated carbocycles. The van der Waals surface area contributed by atoms with Crippen LogP contribution in [-0.2, 0) is 10.9 Å². The third-order valence-corrected chi connectivity index (χ3v) is 12.0. The number of aromatic nitrogens is 2. The number of methoxy groups -OCH3 is 1. The van der Waals surface area contributed by atoms with Gasteiger partial charge in [0.15, 0.2) is 6.17 Å². The van der Waals surface area contributed by atoms with Crippen LogP contribution in [0.1, 0.15) is 92.9 Å². The van der Waals surface area contributed by atoms with Gasteiger partial charge in [-0.25, -0.2) is 27.9 Å². The Bertz CT molecular complexity index is 1930. The van der Waals surface area contributed by atoms with Crippen molar-refractivity contribution in [3.05, 3.63) is 88.8 Å². The zero-order chi connectivity index (χ0) is 39.3. The smallest absolute Gasteiger partial charge is 0.416 e. The summed E-state index contributed by atoms with van der Waals surface area (Å²) in [5.74, 6) is -4.01. The first-order valence-electron chi connectivity index (χ1n) is 19.0. The number of nitrogens with zero attached hydrogens (tertiary/aromatic N) is 4. The number of rotatable bonds is 7. The number of aliphatic hydroxyl groups is 1. The molecule has 0 spiro atoms. The number of hydrogen-bond donors (Lipinski definition) is 1. The summed E-state index contributed by atoms with van der Waals surface area (Å²) in [7, 11) is 1.32. The van der Waals surface area contributed by atoms with Crippen molar-refractivity contribution in [1.82, 2.24) is 9.97 Å². The number of piperidine rings is 1. The summed E-state index contributed by atoms with van der Waals surface area (Å²) >= 11 is 0. The summed E-state index contributed by atoms with van der Waals surface area (Å²) < 4.78 is 91.8. The first-order chi connectivity index (χ1) is 26.0. The molecule has 2 aliphatic heterocycles. The Morgan fingerprint density at radius 2 is 1.58 bits per heavy atom. The van der Waals surface area contributed by atoms with Crippen LogP contribution < -0.4 is 4.90 Å². The predicted molar refractivity (Wildman–Crippen MR) is 197 cm³/mol. The number of allylic oxidation sites excluding steroid dienone is 1. The molecule has 3 aromatic rings. The van der Waals surface area contributed by atoms with Crippen molar-refractivity contribution in [2.24, 2.45) is 28.2 Å². The van der Waals surface area contributed by atoms with Crippen LogP contribution in [0.25, 0.3) is 11.1 Å². The number of ether oxygens (including phenoxy) is 1.